The number of nitrogens with zero attached hydrogens (tertiary/aromatic N) is 3. The lowest BCUT2D eigenvalue weighted by Crippen LogP contribution is -2.31. The molecule has 3 rings (SSSR count). The highest BCUT2D eigenvalue weighted by atomic mass is 32.2. The van der Waals surface area contributed by atoms with Crippen molar-refractivity contribution in [3.63, 3.8) is 0 Å². The molecule has 2 aromatic rings. The molecule has 22 heavy (non-hydrogen) atoms. The molecule has 1 fully saturated rings. The average Bonchev–Trinajstić information content (AvgIpc) is 3.18. The Morgan fingerprint density at radius 1 is 1.41 bits per heavy atom. The van der Waals surface area contributed by atoms with Crippen molar-refractivity contribution >= 4 is 34.1 Å². The van der Waals surface area contributed by atoms with Gasteiger partial charge in [0.2, 0.25) is 11.0 Å². The van der Waals surface area contributed by atoms with Crippen LogP contribution in [0.4, 0.5) is 5.13 Å². The molecule has 1 saturated heterocycles. The molecule has 0 spiro atoms. The number of aromatic nitrogens is 2. The van der Waals surface area contributed by atoms with E-state index < -0.39 is 0 Å². The molecule has 1 aromatic heterocycles. The second kappa shape index (κ2) is 7.71. The molecular weight excluding hydrogens is 316 g/mol. The smallest absolute Gasteiger partial charge is 0.240 e. The second-order valence-corrected chi connectivity index (χ2v) is 7.23. The van der Waals surface area contributed by atoms with Crippen molar-refractivity contribution in [2.75, 3.05) is 30.7 Å². The standard InChI is InChI=1S/C15H18N4OS2/c20-14(17-15-18-16-11-22-15)9-19-7-6-12(8-19)10-21-13-4-2-1-3-5-13/h1-5,11-12H,6-10H2,(H,17,18,20)/t12-/m0/s1. The van der Waals surface area contributed by atoms with Crippen LogP contribution in [0.2, 0.25) is 0 Å². The maximum atomic E-state index is 11.9. The highest BCUT2D eigenvalue weighted by Crippen LogP contribution is 2.25. The molecular formula is C15H18N4OS2. The summed E-state index contributed by atoms with van der Waals surface area (Å²) < 4.78 is 0. The summed E-state index contributed by atoms with van der Waals surface area (Å²) in [5.74, 6) is 1.76. The summed E-state index contributed by atoms with van der Waals surface area (Å²) >= 11 is 3.24. The third-order valence-electron chi connectivity index (χ3n) is 3.57. The Labute approximate surface area is 138 Å². The van der Waals surface area contributed by atoms with Crippen molar-refractivity contribution in [2.45, 2.75) is 11.3 Å². The Morgan fingerprint density at radius 2 is 2.27 bits per heavy atom. The van der Waals surface area contributed by atoms with Gasteiger partial charge in [-0.1, -0.05) is 29.5 Å². The number of benzene rings is 1. The molecule has 1 aromatic carbocycles. The molecule has 1 aliphatic rings. The normalized spacial score (nSPS) is 18.5. The van der Waals surface area contributed by atoms with Crippen molar-refractivity contribution < 1.29 is 4.79 Å². The minimum absolute atomic E-state index is 0.00638. The number of thioether (sulfide) groups is 1. The Kier molecular flexibility index (Phi) is 5.42. The van der Waals surface area contributed by atoms with Crippen LogP contribution in [0.15, 0.2) is 40.7 Å². The van der Waals surface area contributed by atoms with Gasteiger partial charge in [0.15, 0.2) is 0 Å². The van der Waals surface area contributed by atoms with E-state index in [1.807, 2.05) is 17.8 Å². The SMILES string of the molecule is O=C(CN1CC[C@H](CSc2ccccc2)C1)Nc1nncs1. The monoisotopic (exact) mass is 334 g/mol. The number of amides is 1. The molecule has 1 N–H and O–H groups in total. The van der Waals surface area contributed by atoms with Crippen molar-refractivity contribution in [1.82, 2.24) is 15.1 Å². The van der Waals surface area contributed by atoms with Crippen molar-refractivity contribution in [1.29, 1.82) is 0 Å². The first-order chi connectivity index (χ1) is 10.8. The number of anilines is 1. The van der Waals surface area contributed by atoms with Gasteiger partial charge in [0.05, 0.1) is 6.54 Å². The van der Waals surface area contributed by atoms with Crippen LogP contribution in [0, 0.1) is 5.92 Å². The Balaban J connectivity index is 1.39. The van der Waals surface area contributed by atoms with Crippen LogP contribution in [-0.4, -0.2) is 46.4 Å². The Hall–Kier alpha value is -1.44. The highest BCUT2D eigenvalue weighted by Gasteiger charge is 2.24. The number of hydrogen-bond donors (Lipinski definition) is 1. The highest BCUT2D eigenvalue weighted by molar-refractivity contribution is 7.99. The van der Waals surface area contributed by atoms with E-state index in [1.165, 1.54) is 16.2 Å². The van der Waals surface area contributed by atoms with E-state index in [0.717, 1.165) is 25.3 Å². The van der Waals surface area contributed by atoms with Crippen molar-refractivity contribution in [2.24, 2.45) is 5.92 Å². The summed E-state index contributed by atoms with van der Waals surface area (Å²) in [5, 5.41) is 10.9. The average molecular weight is 334 g/mol. The summed E-state index contributed by atoms with van der Waals surface area (Å²) in [4.78, 5) is 15.5. The molecule has 0 saturated carbocycles. The fraction of sp³-hybridized carbons (Fsp3) is 0.400. The van der Waals surface area contributed by atoms with Crippen LogP contribution < -0.4 is 5.32 Å². The summed E-state index contributed by atoms with van der Waals surface area (Å²) in [7, 11) is 0. The maximum absolute atomic E-state index is 11.9. The molecule has 7 heteroatoms. The largest absolute Gasteiger partial charge is 0.299 e. The molecule has 0 radical (unpaired) electrons. The lowest BCUT2D eigenvalue weighted by molar-refractivity contribution is -0.117. The van der Waals surface area contributed by atoms with Crippen LogP contribution >= 0.6 is 23.1 Å². The van der Waals surface area contributed by atoms with Crippen LogP contribution in [0.1, 0.15) is 6.42 Å². The van der Waals surface area contributed by atoms with Crippen LogP contribution in [0.25, 0.3) is 0 Å². The van der Waals surface area contributed by atoms with Gasteiger partial charge in [-0.25, -0.2) is 0 Å². The summed E-state index contributed by atoms with van der Waals surface area (Å²) in [6.45, 7) is 2.42. The minimum Gasteiger partial charge on any atom is -0.299 e. The topological polar surface area (TPSA) is 58.1 Å². The first kappa shape index (κ1) is 15.5. The van der Waals surface area contributed by atoms with Crippen molar-refractivity contribution in [3.05, 3.63) is 35.8 Å². The zero-order valence-electron chi connectivity index (χ0n) is 12.1. The van der Waals surface area contributed by atoms with E-state index >= 15 is 0 Å². The third kappa shape index (κ3) is 4.53. The van der Waals surface area contributed by atoms with Gasteiger partial charge in [0, 0.05) is 17.2 Å². The van der Waals surface area contributed by atoms with Crippen LogP contribution in [0.5, 0.6) is 0 Å². The molecule has 0 aliphatic carbocycles. The number of rotatable bonds is 6. The summed E-state index contributed by atoms with van der Waals surface area (Å²) in [6.07, 6.45) is 1.16. The number of nitrogens with one attached hydrogen (secondary N) is 1. The Morgan fingerprint density at radius 3 is 3.05 bits per heavy atom. The third-order valence-corrected chi connectivity index (χ3v) is 5.42. The lowest BCUT2D eigenvalue weighted by atomic mass is 10.2. The minimum atomic E-state index is -0.00638. The molecule has 1 aliphatic heterocycles. The van der Waals surface area contributed by atoms with Crippen LogP contribution in [-0.2, 0) is 4.79 Å². The van der Waals surface area contributed by atoms with Crippen LogP contribution in [0.3, 0.4) is 0 Å². The quantitative estimate of drug-likeness (QED) is 0.823. The van der Waals surface area contributed by atoms with Gasteiger partial charge in [-0.05, 0) is 31.0 Å². The number of carbonyl (C=O) groups is 1. The number of likely N-dealkylation sites (tertiary alicyclic amines) is 1. The van der Waals surface area contributed by atoms with E-state index in [4.69, 9.17) is 0 Å². The summed E-state index contributed by atoms with van der Waals surface area (Å²) in [5.41, 5.74) is 1.61. The van der Waals surface area contributed by atoms with E-state index in [2.05, 4.69) is 44.7 Å². The second-order valence-electron chi connectivity index (χ2n) is 5.31. The van der Waals surface area contributed by atoms with E-state index in [9.17, 15) is 4.79 Å². The Bertz CT molecular complexity index is 591. The lowest BCUT2D eigenvalue weighted by Gasteiger charge is -2.15. The number of hydrogen-bond acceptors (Lipinski definition) is 6. The van der Waals surface area contributed by atoms with Gasteiger partial charge >= 0.3 is 0 Å². The van der Waals surface area contributed by atoms with Gasteiger partial charge in [0.1, 0.15) is 5.51 Å². The van der Waals surface area contributed by atoms with Gasteiger partial charge in [-0.3, -0.25) is 15.0 Å². The number of carbonyl (C=O) groups excluding carboxylic acids is 1. The van der Waals surface area contributed by atoms with Gasteiger partial charge in [-0.2, -0.15) is 0 Å². The van der Waals surface area contributed by atoms with E-state index in [1.54, 1.807) is 5.51 Å². The molecule has 5 nitrogen and oxygen atoms in total. The molecule has 0 bridgehead atoms. The zero-order valence-corrected chi connectivity index (χ0v) is 13.8. The fourth-order valence-electron chi connectivity index (χ4n) is 2.51. The first-order valence-electron chi connectivity index (χ1n) is 7.26. The van der Waals surface area contributed by atoms with Gasteiger partial charge in [0.25, 0.3) is 0 Å². The predicted molar refractivity (Wildman–Crippen MR) is 90.3 cm³/mol. The first-order valence-corrected chi connectivity index (χ1v) is 9.12. The summed E-state index contributed by atoms with van der Waals surface area (Å²) in [6, 6.07) is 10.5. The van der Waals surface area contributed by atoms with Gasteiger partial charge < -0.3 is 0 Å². The van der Waals surface area contributed by atoms with E-state index in [0.29, 0.717) is 17.6 Å². The molecule has 116 valence electrons. The molecule has 1 atom stereocenters. The fourth-order valence-corrected chi connectivity index (χ4v) is 4.02. The molecule has 0 unspecified atom stereocenters. The van der Waals surface area contributed by atoms with E-state index in [-0.39, 0.29) is 5.91 Å². The molecule has 2 heterocycles. The molecule has 1 amide bonds. The predicted octanol–water partition coefficient (Wildman–Crippen LogP) is 2.59. The van der Waals surface area contributed by atoms with Gasteiger partial charge in [-0.15, -0.1) is 22.0 Å². The maximum Gasteiger partial charge on any atom is 0.240 e. The zero-order chi connectivity index (χ0) is 15.2. The van der Waals surface area contributed by atoms with Crippen molar-refractivity contribution in [3.8, 4) is 0 Å².